The van der Waals surface area contributed by atoms with Crippen molar-refractivity contribution in [2.45, 2.75) is 72.4 Å². The standard InChI is InChI=1S/C35H41ClN2/c1-6-29-18-24(3)19-30(7-2)34(29)37-25(4)26(5)38-35-31(20-27-14-10-8-11-15-27)22-33(36)23-32(35)21-28-16-12-9-13-17-28/h8-19,22-23,25-26,37-38H,6-7,20-21H2,1-5H3. The molecule has 0 amide bonds. The average molecular weight is 525 g/mol. The summed E-state index contributed by atoms with van der Waals surface area (Å²) in [5.41, 5.74) is 11.6. The van der Waals surface area contributed by atoms with Gasteiger partial charge in [-0.3, -0.25) is 0 Å². The summed E-state index contributed by atoms with van der Waals surface area (Å²) >= 11 is 6.70. The van der Waals surface area contributed by atoms with E-state index in [1.807, 2.05) is 0 Å². The van der Waals surface area contributed by atoms with Gasteiger partial charge in [0.25, 0.3) is 0 Å². The summed E-state index contributed by atoms with van der Waals surface area (Å²) in [5.74, 6) is 0. The molecule has 0 radical (unpaired) electrons. The minimum absolute atomic E-state index is 0.191. The first-order chi connectivity index (χ1) is 18.4. The van der Waals surface area contributed by atoms with Crippen LogP contribution in [0.3, 0.4) is 0 Å². The molecule has 2 unspecified atom stereocenters. The highest BCUT2D eigenvalue weighted by molar-refractivity contribution is 6.30. The molecule has 4 aromatic carbocycles. The van der Waals surface area contributed by atoms with E-state index in [1.165, 1.54) is 50.3 Å². The highest BCUT2D eigenvalue weighted by Gasteiger charge is 2.19. The quantitative estimate of drug-likeness (QED) is 0.204. The van der Waals surface area contributed by atoms with E-state index < -0.39 is 0 Å². The Balaban J connectivity index is 1.66. The zero-order valence-corrected chi connectivity index (χ0v) is 24.2. The zero-order chi connectivity index (χ0) is 27.1. The van der Waals surface area contributed by atoms with Gasteiger partial charge in [0.05, 0.1) is 0 Å². The van der Waals surface area contributed by atoms with Crippen LogP contribution in [0.15, 0.2) is 84.9 Å². The zero-order valence-electron chi connectivity index (χ0n) is 23.4. The van der Waals surface area contributed by atoms with Crippen molar-refractivity contribution in [1.29, 1.82) is 0 Å². The molecule has 0 saturated carbocycles. The van der Waals surface area contributed by atoms with E-state index in [0.717, 1.165) is 30.7 Å². The summed E-state index contributed by atoms with van der Waals surface area (Å²) in [7, 11) is 0. The first-order valence-corrected chi connectivity index (χ1v) is 14.3. The highest BCUT2D eigenvalue weighted by atomic mass is 35.5. The summed E-state index contributed by atoms with van der Waals surface area (Å²) in [5, 5.41) is 8.60. The van der Waals surface area contributed by atoms with Crippen LogP contribution >= 0.6 is 11.6 Å². The highest BCUT2D eigenvalue weighted by Crippen LogP contribution is 2.32. The second kappa shape index (κ2) is 13.0. The van der Waals surface area contributed by atoms with Crippen LogP contribution in [0.25, 0.3) is 0 Å². The molecule has 2 N–H and O–H groups in total. The third-order valence-electron chi connectivity index (χ3n) is 7.44. The van der Waals surface area contributed by atoms with Crippen LogP contribution in [-0.4, -0.2) is 12.1 Å². The van der Waals surface area contributed by atoms with E-state index in [0.29, 0.717) is 0 Å². The lowest BCUT2D eigenvalue weighted by molar-refractivity contribution is 0.673. The van der Waals surface area contributed by atoms with Crippen LogP contribution in [-0.2, 0) is 25.7 Å². The first kappa shape index (κ1) is 27.8. The second-order valence-corrected chi connectivity index (χ2v) is 10.9. The van der Waals surface area contributed by atoms with Gasteiger partial charge in [0.1, 0.15) is 0 Å². The van der Waals surface area contributed by atoms with Gasteiger partial charge < -0.3 is 10.6 Å². The summed E-state index contributed by atoms with van der Waals surface area (Å²) in [6.07, 6.45) is 3.70. The van der Waals surface area contributed by atoms with Gasteiger partial charge >= 0.3 is 0 Å². The Bertz CT molecular complexity index is 1240. The van der Waals surface area contributed by atoms with Gasteiger partial charge in [0.15, 0.2) is 0 Å². The third-order valence-corrected chi connectivity index (χ3v) is 7.66. The van der Waals surface area contributed by atoms with Crippen molar-refractivity contribution >= 4 is 23.0 Å². The van der Waals surface area contributed by atoms with Crippen molar-refractivity contribution in [2.75, 3.05) is 10.6 Å². The summed E-state index contributed by atoms with van der Waals surface area (Å²) in [6.45, 7) is 11.2. The molecular weight excluding hydrogens is 484 g/mol. The molecule has 4 aromatic rings. The lowest BCUT2D eigenvalue weighted by Crippen LogP contribution is -2.35. The van der Waals surface area contributed by atoms with Crippen LogP contribution in [0.1, 0.15) is 66.6 Å². The number of hydrogen-bond donors (Lipinski definition) is 2. The Labute approximate surface area is 234 Å². The van der Waals surface area contributed by atoms with Crippen molar-refractivity contribution in [3.05, 3.63) is 129 Å². The topological polar surface area (TPSA) is 24.1 Å². The maximum Gasteiger partial charge on any atom is 0.0432 e. The third kappa shape index (κ3) is 6.99. The Hall–Kier alpha value is -3.23. The van der Waals surface area contributed by atoms with Crippen LogP contribution in [0.4, 0.5) is 11.4 Å². The van der Waals surface area contributed by atoms with Crippen molar-refractivity contribution < 1.29 is 0 Å². The molecule has 0 saturated heterocycles. The number of halogens is 1. The van der Waals surface area contributed by atoms with Gasteiger partial charge in [-0.25, -0.2) is 0 Å². The number of anilines is 2. The lowest BCUT2D eigenvalue weighted by atomic mass is 9.95. The van der Waals surface area contributed by atoms with Crippen molar-refractivity contribution in [2.24, 2.45) is 0 Å². The summed E-state index contributed by atoms with van der Waals surface area (Å²) < 4.78 is 0. The molecule has 0 aliphatic heterocycles. The Morgan fingerprint density at radius 3 is 1.39 bits per heavy atom. The molecule has 2 nitrogen and oxygen atoms in total. The predicted octanol–water partition coefficient (Wildman–Crippen LogP) is 9.26. The van der Waals surface area contributed by atoms with Crippen LogP contribution in [0, 0.1) is 6.92 Å². The normalized spacial score (nSPS) is 12.7. The molecule has 198 valence electrons. The molecule has 0 bridgehead atoms. The smallest absolute Gasteiger partial charge is 0.0432 e. The number of hydrogen-bond acceptors (Lipinski definition) is 2. The van der Waals surface area contributed by atoms with Crippen molar-refractivity contribution in [3.8, 4) is 0 Å². The van der Waals surface area contributed by atoms with Crippen LogP contribution in [0.2, 0.25) is 5.02 Å². The van der Waals surface area contributed by atoms with E-state index in [2.05, 4.69) is 130 Å². The van der Waals surface area contributed by atoms with Crippen molar-refractivity contribution in [3.63, 3.8) is 0 Å². The lowest BCUT2D eigenvalue weighted by Gasteiger charge is -2.29. The maximum atomic E-state index is 6.70. The minimum atomic E-state index is 0.191. The van der Waals surface area contributed by atoms with Crippen molar-refractivity contribution in [1.82, 2.24) is 0 Å². The fourth-order valence-corrected chi connectivity index (χ4v) is 5.47. The molecular formula is C35H41ClN2. The molecule has 2 atom stereocenters. The van der Waals surface area contributed by atoms with Gasteiger partial charge in [0.2, 0.25) is 0 Å². The molecule has 38 heavy (non-hydrogen) atoms. The van der Waals surface area contributed by atoms with Gasteiger partial charge in [-0.1, -0.05) is 104 Å². The van der Waals surface area contributed by atoms with Gasteiger partial charge in [-0.2, -0.15) is 0 Å². The molecule has 0 aliphatic rings. The average Bonchev–Trinajstić information content (AvgIpc) is 2.92. The molecule has 0 aliphatic carbocycles. The van der Waals surface area contributed by atoms with E-state index in [1.54, 1.807) is 0 Å². The van der Waals surface area contributed by atoms with Gasteiger partial charge in [0, 0.05) is 28.5 Å². The van der Waals surface area contributed by atoms with Crippen LogP contribution in [0.5, 0.6) is 0 Å². The Morgan fingerprint density at radius 1 is 0.605 bits per heavy atom. The predicted molar refractivity (Wildman–Crippen MR) is 166 cm³/mol. The number of aryl methyl sites for hydroxylation is 3. The fourth-order valence-electron chi connectivity index (χ4n) is 5.21. The monoisotopic (exact) mass is 524 g/mol. The molecule has 0 heterocycles. The van der Waals surface area contributed by atoms with Gasteiger partial charge in [-0.15, -0.1) is 0 Å². The minimum Gasteiger partial charge on any atom is -0.380 e. The van der Waals surface area contributed by atoms with E-state index in [4.69, 9.17) is 11.6 Å². The molecule has 0 aromatic heterocycles. The van der Waals surface area contributed by atoms with Gasteiger partial charge in [-0.05, 0) is 92.0 Å². The SMILES string of the molecule is CCc1cc(C)cc(CC)c1NC(C)C(C)Nc1c(Cc2ccccc2)cc(Cl)cc1Cc1ccccc1. The number of benzene rings is 4. The molecule has 0 fully saturated rings. The largest absolute Gasteiger partial charge is 0.380 e. The Kier molecular flexibility index (Phi) is 9.53. The molecule has 3 heteroatoms. The van der Waals surface area contributed by atoms with E-state index in [9.17, 15) is 0 Å². The first-order valence-electron chi connectivity index (χ1n) is 13.9. The van der Waals surface area contributed by atoms with E-state index >= 15 is 0 Å². The number of rotatable bonds is 11. The number of nitrogens with one attached hydrogen (secondary N) is 2. The fraction of sp³-hybridized carbons (Fsp3) is 0.314. The summed E-state index contributed by atoms with van der Waals surface area (Å²) in [4.78, 5) is 0. The summed E-state index contributed by atoms with van der Waals surface area (Å²) in [6, 6.07) is 30.6. The second-order valence-electron chi connectivity index (χ2n) is 10.5. The molecule has 0 spiro atoms. The maximum absolute atomic E-state index is 6.70. The van der Waals surface area contributed by atoms with E-state index in [-0.39, 0.29) is 12.1 Å². The molecule has 4 rings (SSSR count). The Morgan fingerprint density at radius 2 is 1.00 bits per heavy atom. The van der Waals surface area contributed by atoms with Crippen LogP contribution < -0.4 is 10.6 Å².